The maximum atomic E-state index is 11.6. The van der Waals surface area contributed by atoms with Gasteiger partial charge in [0.15, 0.2) is 0 Å². The molecule has 0 fully saturated rings. The maximum absolute atomic E-state index is 11.6. The molecule has 0 heterocycles. The van der Waals surface area contributed by atoms with Crippen LogP contribution in [0.1, 0.15) is 11.1 Å². The van der Waals surface area contributed by atoms with Gasteiger partial charge in [-0.3, -0.25) is 4.79 Å². The highest BCUT2D eigenvalue weighted by atomic mass is 16.2. The molecule has 0 spiro atoms. The Labute approximate surface area is 120 Å². The van der Waals surface area contributed by atoms with Gasteiger partial charge in [-0.1, -0.05) is 48.5 Å². The fourth-order valence-corrected chi connectivity index (χ4v) is 1.99. The minimum Gasteiger partial charge on any atom is -0.376 e. The summed E-state index contributed by atoms with van der Waals surface area (Å²) >= 11 is 0. The maximum Gasteiger partial charge on any atom is 0.241 e. The second kappa shape index (κ2) is 6.75. The Morgan fingerprint density at radius 1 is 1.00 bits per heavy atom. The molecule has 2 aromatic carbocycles. The third-order valence-electron chi connectivity index (χ3n) is 3.18. The van der Waals surface area contributed by atoms with Crippen LogP contribution in [-0.2, 0) is 11.2 Å². The summed E-state index contributed by atoms with van der Waals surface area (Å²) in [6, 6.07) is 18.4. The molecule has 0 radical (unpaired) electrons. The van der Waals surface area contributed by atoms with Crippen LogP contribution in [0.3, 0.4) is 0 Å². The second-order valence-corrected chi connectivity index (χ2v) is 4.96. The fraction of sp³-hybridized carbons (Fsp3) is 0.235. The van der Waals surface area contributed by atoms with Crippen LogP contribution in [0, 0.1) is 0 Å². The number of para-hydroxylation sites is 1. The molecule has 0 atom stereocenters. The van der Waals surface area contributed by atoms with Crippen LogP contribution >= 0.6 is 0 Å². The Morgan fingerprint density at radius 2 is 1.65 bits per heavy atom. The van der Waals surface area contributed by atoms with Crippen molar-refractivity contribution < 1.29 is 4.79 Å². The second-order valence-electron chi connectivity index (χ2n) is 4.96. The van der Waals surface area contributed by atoms with E-state index in [4.69, 9.17) is 0 Å². The van der Waals surface area contributed by atoms with E-state index in [0.29, 0.717) is 6.54 Å². The van der Waals surface area contributed by atoms with Gasteiger partial charge in [0.25, 0.3) is 0 Å². The molecular formula is C17H20N2O. The number of carbonyl (C=O) groups is 1. The van der Waals surface area contributed by atoms with Crippen molar-refractivity contribution in [3.8, 4) is 0 Å². The minimum absolute atomic E-state index is 0.0690. The Bertz CT molecular complexity index is 564. The van der Waals surface area contributed by atoms with Gasteiger partial charge in [-0.2, -0.15) is 0 Å². The quantitative estimate of drug-likeness (QED) is 0.904. The molecule has 1 N–H and O–H groups in total. The van der Waals surface area contributed by atoms with Crippen LogP contribution in [-0.4, -0.2) is 31.4 Å². The minimum atomic E-state index is 0.0690. The molecule has 3 nitrogen and oxygen atoms in total. The summed E-state index contributed by atoms with van der Waals surface area (Å²) in [5, 5.41) is 3.22. The topological polar surface area (TPSA) is 32.3 Å². The first kappa shape index (κ1) is 14.1. The molecule has 104 valence electrons. The van der Waals surface area contributed by atoms with Gasteiger partial charge in [0.1, 0.15) is 0 Å². The lowest BCUT2D eigenvalue weighted by molar-refractivity contribution is -0.126. The van der Waals surface area contributed by atoms with E-state index in [1.54, 1.807) is 19.0 Å². The molecule has 0 aliphatic rings. The van der Waals surface area contributed by atoms with Crippen molar-refractivity contribution in [3.05, 3.63) is 65.7 Å². The third-order valence-corrected chi connectivity index (χ3v) is 3.18. The molecule has 0 bridgehead atoms. The largest absolute Gasteiger partial charge is 0.376 e. The van der Waals surface area contributed by atoms with Crippen molar-refractivity contribution in [3.63, 3.8) is 0 Å². The zero-order chi connectivity index (χ0) is 14.4. The first-order chi connectivity index (χ1) is 9.66. The highest BCUT2D eigenvalue weighted by molar-refractivity contribution is 5.80. The molecular weight excluding hydrogens is 248 g/mol. The van der Waals surface area contributed by atoms with Crippen LogP contribution in [0.4, 0.5) is 5.69 Å². The number of carbonyl (C=O) groups excluding carboxylic acids is 1. The predicted molar refractivity (Wildman–Crippen MR) is 82.9 cm³/mol. The molecule has 20 heavy (non-hydrogen) atoms. The first-order valence-corrected chi connectivity index (χ1v) is 6.72. The van der Waals surface area contributed by atoms with Gasteiger partial charge in [-0.25, -0.2) is 0 Å². The zero-order valence-corrected chi connectivity index (χ0v) is 12.0. The Balaban J connectivity index is 2.08. The van der Waals surface area contributed by atoms with E-state index in [1.807, 2.05) is 36.4 Å². The molecule has 2 aromatic rings. The number of hydrogen-bond donors (Lipinski definition) is 1. The van der Waals surface area contributed by atoms with Gasteiger partial charge in [-0.15, -0.1) is 0 Å². The van der Waals surface area contributed by atoms with Gasteiger partial charge in [0, 0.05) is 19.8 Å². The number of nitrogens with zero attached hydrogens (tertiary/aromatic N) is 1. The van der Waals surface area contributed by atoms with Crippen molar-refractivity contribution >= 4 is 11.6 Å². The molecule has 0 aliphatic heterocycles. The first-order valence-electron chi connectivity index (χ1n) is 6.72. The fourth-order valence-electron chi connectivity index (χ4n) is 1.99. The van der Waals surface area contributed by atoms with Gasteiger partial charge in [0.2, 0.25) is 5.91 Å². The van der Waals surface area contributed by atoms with E-state index in [2.05, 4.69) is 23.5 Å². The summed E-state index contributed by atoms with van der Waals surface area (Å²) in [6.45, 7) is 0.318. The van der Waals surface area contributed by atoms with Crippen molar-refractivity contribution in [1.82, 2.24) is 4.90 Å². The van der Waals surface area contributed by atoms with Gasteiger partial charge in [-0.05, 0) is 23.6 Å². The smallest absolute Gasteiger partial charge is 0.241 e. The van der Waals surface area contributed by atoms with E-state index >= 15 is 0 Å². The predicted octanol–water partition coefficient (Wildman–Crippen LogP) is 2.78. The molecule has 0 saturated heterocycles. The number of amides is 1. The van der Waals surface area contributed by atoms with Crippen molar-refractivity contribution in [2.45, 2.75) is 6.42 Å². The summed E-state index contributed by atoms with van der Waals surface area (Å²) < 4.78 is 0. The van der Waals surface area contributed by atoms with Crippen LogP contribution < -0.4 is 5.32 Å². The summed E-state index contributed by atoms with van der Waals surface area (Å²) in [4.78, 5) is 13.2. The lowest BCUT2D eigenvalue weighted by atomic mass is 10.0. The average Bonchev–Trinajstić information content (AvgIpc) is 2.47. The number of benzene rings is 2. The van der Waals surface area contributed by atoms with E-state index in [1.165, 1.54) is 11.1 Å². The summed E-state index contributed by atoms with van der Waals surface area (Å²) in [5.74, 6) is 0.0690. The van der Waals surface area contributed by atoms with Crippen molar-refractivity contribution in [1.29, 1.82) is 0 Å². The number of anilines is 1. The number of nitrogens with one attached hydrogen (secondary N) is 1. The van der Waals surface area contributed by atoms with Crippen LogP contribution in [0.5, 0.6) is 0 Å². The zero-order valence-electron chi connectivity index (χ0n) is 12.0. The highest BCUT2D eigenvalue weighted by Crippen LogP contribution is 2.18. The number of hydrogen-bond acceptors (Lipinski definition) is 2. The van der Waals surface area contributed by atoms with Crippen molar-refractivity contribution in [2.24, 2.45) is 0 Å². The Kier molecular flexibility index (Phi) is 4.77. The van der Waals surface area contributed by atoms with Crippen LogP contribution in [0.25, 0.3) is 0 Å². The number of likely N-dealkylation sites (N-methyl/N-ethyl adjacent to an activating group) is 1. The van der Waals surface area contributed by atoms with E-state index in [0.717, 1.165) is 12.1 Å². The monoisotopic (exact) mass is 268 g/mol. The average molecular weight is 268 g/mol. The van der Waals surface area contributed by atoms with E-state index in [-0.39, 0.29) is 5.91 Å². The SMILES string of the molecule is CN(C)C(=O)CNc1ccccc1Cc1ccccc1. The molecule has 0 aliphatic carbocycles. The lowest BCUT2D eigenvalue weighted by Crippen LogP contribution is -2.28. The molecule has 0 unspecified atom stereocenters. The lowest BCUT2D eigenvalue weighted by Gasteiger charge is -2.14. The van der Waals surface area contributed by atoms with Crippen molar-refractivity contribution in [2.75, 3.05) is 26.0 Å². The normalized spacial score (nSPS) is 10.1. The standard InChI is InChI=1S/C17H20N2O/c1-19(2)17(20)13-18-16-11-7-6-10-15(16)12-14-8-4-3-5-9-14/h3-11,18H,12-13H2,1-2H3. The number of rotatable bonds is 5. The Morgan fingerprint density at radius 3 is 2.35 bits per heavy atom. The molecule has 0 saturated carbocycles. The highest BCUT2D eigenvalue weighted by Gasteiger charge is 2.06. The Hall–Kier alpha value is -2.29. The summed E-state index contributed by atoms with van der Waals surface area (Å²) in [6.07, 6.45) is 0.861. The van der Waals surface area contributed by atoms with E-state index in [9.17, 15) is 4.79 Å². The summed E-state index contributed by atoms with van der Waals surface area (Å²) in [7, 11) is 3.53. The van der Waals surface area contributed by atoms with Gasteiger partial charge < -0.3 is 10.2 Å². The molecule has 2 rings (SSSR count). The third kappa shape index (κ3) is 3.85. The summed E-state index contributed by atoms with van der Waals surface area (Å²) in [5.41, 5.74) is 3.48. The van der Waals surface area contributed by atoms with Crippen LogP contribution in [0.15, 0.2) is 54.6 Å². The molecule has 3 heteroatoms. The van der Waals surface area contributed by atoms with Crippen LogP contribution in [0.2, 0.25) is 0 Å². The van der Waals surface area contributed by atoms with E-state index < -0.39 is 0 Å². The molecule has 0 aromatic heterocycles. The van der Waals surface area contributed by atoms with Gasteiger partial charge in [0.05, 0.1) is 6.54 Å². The molecule has 1 amide bonds. The van der Waals surface area contributed by atoms with Gasteiger partial charge >= 0.3 is 0 Å².